The van der Waals surface area contributed by atoms with E-state index in [-0.39, 0.29) is 31.0 Å². The minimum Gasteiger partial charge on any atom is -0.319 e. The normalized spacial score (nSPS) is 11.9. The predicted octanol–water partition coefficient (Wildman–Crippen LogP) is 2.36. The van der Waals surface area contributed by atoms with E-state index in [0.717, 1.165) is 4.57 Å². The van der Waals surface area contributed by atoms with Gasteiger partial charge < -0.3 is 4.57 Å². The fourth-order valence-electron chi connectivity index (χ4n) is 3.40. The largest absolute Gasteiger partial charge is 0.331 e. The van der Waals surface area contributed by atoms with E-state index in [1.165, 1.54) is 22.0 Å². The Kier molecular flexibility index (Phi) is 5.77. The summed E-state index contributed by atoms with van der Waals surface area (Å²) in [5.74, 6) is -0.878. The van der Waals surface area contributed by atoms with Gasteiger partial charge in [0, 0.05) is 23.7 Å². The predicted molar refractivity (Wildman–Crippen MR) is 117 cm³/mol. The fraction of sp³-hybridized carbons (Fsp3) is 0.182. The van der Waals surface area contributed by atoms with Gasteiger partial charge in [-0.1, -0.05) is 30.3 Å². The monoisotopic (exact) mass is 438 g/mol. The summed E-state index contributed by atoms with van der Waals surface area (Å²) in [5.41, 5.74) is -0.0758. The number of halogens is 1. The van der Waals surface area contributed by atoms with Crippen LogP contribution in [0.1, 0.15) is 12.5 Å². The first-order valence-corrected chi connectivity index (χ1v) is 10.5. The molecule has 0 N–H and O–H groups in total. The third kappa shape index (κ3) is 4.04. The van der Waals surface area contributed by atoms with E-state index < -0.39 is 11.6 Å². The highest BCUT2D eigenvalue weighted by atomic mass is 32.1. The summed E-state index contributed by atoms with van der Waals surface area (Å²) in [4.78, 5) is 42.6. The number of benzene rings is 2. The van der Waals surface area contributed by atoms with Gasteiger partial charge in [-0.3, -0.25) is 18.7 Å². The zero-order valence-electron chi connectivity index (χ0n) is 16.7. The van der Waals surface area contributed by atoms with Gasteiger partial charge in [0.2, 0.25) is 0 Å². The number of carbonyl (C=O) groups is 1. The van der Waals surface area contributed by atoms with Crippen LogP contribution in [-0.4, -0.2) is 19.6 Å². The molecule has 2 aromatic heterocycles. The molecule has 4 rings (SSSR count). The van der Waals surface area contributed by atoms with Crippen molar-refractivity contribution in [2.24, 2.45) is 4.99 Å². The summed E-state index contributed by atoms with van der Waals surface area (Å²) in [5, 5.41) is 2.12. The van der Waals surface area contributed by atoms with Crippen molar-refractivity contribution in [3.05, 3.63) is 97.1 Å². The minimum absolute atomic E-state index is 0.196. The highest BCUT2D eigenvalue weighted by molar-refractivity contribution is 7.07. The lowest BCUT2D eigenvalue weighted by molar-refractivity contribution is -0.118. The number of hydrogen-bond donors (Lipinski definition) is 0. The Morgan fingerprint density at radius 3 is 2.58 bits per heavy atom. The van der Waals surface area contributed by atoms with E-state index in [4.69, 9.17) is 0 Å². The third-order valence-electron chi connectivity index (χ3n) is 4.92. The summed E-state index contributed by atoms with van der Waals surface area (Å²) >= 11 is 1.24. The summed E-state index contributed by atoms with van der Waals surface area (Å²) in [7, 11) is 0. The van der Waals surface area contributed by atoms with Crippen LogP contribution < -0.4 is 16.1 Å². The molecule has 0 unspecified atom stereocenters. The van der Waals surface area contributed by atoms with Crippen LogP contribution >= 0.6 is 11.3 Å². The van der Waals surface area contributed by atoms with Crippen LogP contribution in [0.3, 0.4) is 0 Å². The molecular weight excluding hydrogens is 419 g/mol. The molecule has 1 amide bonds. The number of carbonyl (C=O) groups excluding carboxylic acids is 1. The number of nitrogens with zero attached hydrogens (tertiary/aromatic N) is 4. The van der Waals surface area contributed by atoms with E-state index in [2.05, 4.69) is 4.99 Å². The van der Waals surface area contributed by atoms with Crippen LogP contribution in [0.2, 0.25) is 0 Å². The molecule has 4 aromatic rings. The lowest BCUT2D eigenvalue weighted by Gasteiger charge is -2.11. The van der Waals surface area contributed by atoms with Crippen LogP contribution in [0.15, 0.2) is 74.7 Å². The van der Waals surface area contributed by atoms with Crippen molar-refractivity contribution < 1.29 is 9.18 Å². The third-order valence-corrected chi connectivity index (χ3v) is 5.72. The molecule has 0 bridgehead atoms. The second-order valence-electron chi connectivity index (χ2n) is 6.85. The van der Waals surface area contributed by atoms with Gasteiger partial charge in [-0.05, 0) is 25.1 Å². The van der Waals surface area contributed by atoms with Crippen LogP contribution in [0.4, 0.5) is 4.39 Å². The van der Waals surface area contributed by atoms with Gasteiger partial charge in [0.1, 0.15) is 12.4 Å². The van der Waals surface area contributed by atoms with Crippen LogP contribution in [-0.2, 0) is 24.4 Å². The molecule has 0 saturated carbocycles. The maximum atomic E-state index is 14.0. The van der Waals surface area contributed by atoms with Gasteiger partial charge in [0.05, 0.1) is 17.4 Å². The molecule has 158 valence electrons. The van der Waals surface area contributed by atoms with Crippen LogP contribution in [0.25, 0.3) is 10.9 Å². The first-order valence-electron chi connectivity index (χ1n) is 9.67. The van der Waals surface area contributed by atoms with Crippen molar-refractivity contribution in [3.8, 4) is 0 Å². The molecule has 0 spiro atoms. The van der Waals surface area contributed by atoms with E-state index >= 15 is 0 Å². The first-order chi connectivity index (χ1) is 15.0. The lowest BCUT2D eigenvalue weighted by Crippen LogP contribution is -2.40. The molecule has 31 heavy (non-hydrogen) atoms. The maximum absolute atomic E-state index is 14.0. The maximum Gasteiger partial charge on any atom is 0.331 e. The van der Waals surface area contributed by atoms with Crippen LogP contribution in [0, 0.1) is 5.82 Å². The molecule has 0 radical (unpaired) electrons. The molecule has 0 aliphatic carbocycles. The highest BCUT2D eigenvalue weighted by Gasteiger charge is 2.14. The molecule has 0 aliphatic rings. The Morgan fingerprint density at radius 1 is 1.06 bits per heavy atom. The fourth-order valence-corrected chi connectivity index (χ4v) is 4.14. The quantitative estimate of drug-likeness (QED) is 0.480. The van der Waals surface area contributed by atoms with E-state index in [0.29, 0.717) is 21.3 Å². The van der Waals surface area contributed by atoms with Crippen molar-refractivity contribution in [1.29, 1.82) is 0 Å². The molecule has 0 aliphatic heterocycles. The number of hydrogen-bond acceptors (Lipinski definition) is 4. The number of rotatable bonds is 5. The summed E-state index contributed by atoms with van der Waals surface area (Å²) in [6.45, 7) is 1.82. The Bertz CT molecular complexity index is 1460. The Morgan fingerprint density at radius 2 is 1.81 bits per heavy atom. The Balaban J connectivity index is 1.71. The lowest BCUT2D eigenvalue weighted by atomic mass is 10.2. The first kappa shape index (κ1) is 20.7. The van der Waals surface area contributed by atoms with Gasteiger partial charge >= 0.3 is 5.69 Å². The molecule has 2 heterocycles. The standard InChI is InChI=1S/C22H19FN4O3S/c1-2-26-20(29)16-8-4-6-10-18(16)27(22(26)30)14-19(28)24-21-25(11-12-31-21)13-15-7-3-5-9-17(15)23/h3-12H,2,13-14H2,1H3. The van der Waals surface area contributed by atoms with E-state index in [1.54, 1.807) is 65.5 Å². The highest BCUT2D eigenvalue weighted by Crippen LogP contribution is 2.09. The van der Waals surface area contributed by atoms with Gasteiger partial charge in [-0.2, -0.15) is 4.99 Å². The smallest absolute Gasteiger partial charge is 0.319 e. The summed E-state index contributed by atoms with van der Waals surface area (Å²) in [6, 6.07) is 13.1. The summed E-state index contributed by atoms with van der Waals surface area (Å²) < 4.78 is 18.0. The van der Waals surface area contributed by atoms with Gasteiger partial charge in [-0.15, -0.1) is 11.3 Å². The number of para-hydroxylation sites is 1. The number of amides is 1. The molecule has 0 fully saturated rings. The second kappa shape index (κ2) is 8.65. The average Bonchev–Trinajstić information content (AvgIpc) is 3.19. The van der Waals surface area contributed by atoms with Gasteiger partial charge in [0.25, 0.3) is 11.5 Å². The number of thiazole rings is 1. The molecule has 0 atom stereocenters. The SMILES string of the molecule is CCn1c(=O)c2ccccc2n(CC(=O)N=c2sccn2Cc2ccccc2F)c1=O. The van der Waals surface area contributed by atoms with Gasteiger partial charge in [-0.25, -0.2) is 9.18 Å². The minimum atomic E-state index is -0.555. The molecule has 7 nitrogen and oxygen atoms in total. The number of fused-ring (bicyclic) bond motifs is 1. The van der Waals surface area contributed by atoms with Crippen LogP contribution in [0.5, 0.6) is 0 Å². The molecule has 9 heteroatoms. The zero-order chi connectivity index (χ0) is 22.0. The average molecular weight is 438 g/mol. The molecule has 0 saturated heterocycles. The number of aromatic nitrogens is 3. The van der Waals surface area contributed by atoms with E-state index in [1.807, 2.05) is 0 Å². The Hall–Kier alpha value is -3.59. The van der Waals surface area contributed by atoms with Crippen molar-refractivity contribution in [2.45, 2.75) is 26.6 Å². The Labute approximate surface area is 180 Å². The van der Waals surface area contributed by atoms with Crippen molar-refractivity contribution in [1.82, 2.24) is 13.7 Å². The summed E-state index contributed by atoms with van der Waals surface area (Å²) in [6.07, 6.45) is 1.72. The van der Waals surface area contributed by atoms with Crippen molar-refractivity contribution in [2.75, 3.05) is 0 Å². The second-order valence-corrected chi connectivity index (χ2v) is 7.72. The van der Waals surface area contributed by atoms with Gasteiger partial charge in [0.15, 0.2) is 4.80 Å². The zero-order valence-corrected chi connectivity index (χ0v) is 17.5. The molecule has 2 aromatic carbocycles. The van der Waals surface area contributed by atoms with E-state index in [9.17, 15) is 18.8 Å². The van der Waals surface area contributed by atoms with Crippen molar-refractivity contribution in [3.63, 3.8) is 0 Å². The van der Waals surface area contributed by atoms with Crippen molar-refractivity contribution >= 4 is 28.1 Å². The topological polar surface area (TPSA) is 78.4 Å². The molecular formula is C22H19FN4O3S.